The van der Waals surface area contributed by atoms with Gasteiger partial charge in [0.25, 0.3) is 0 Å². The maximum absolute atomic E-state index is 13.7. The fourth-order valence-electron chi connectivity index (χ4n) is 2.42. The monoisotopic (exact) mass is 319 g/mol. The van der Waals surface area contributed by atoms with Crippen LogP contribution in [0.2, 0.25) is 0 Å². The summed E-state index contributed by atoms with van der Waals surface area (Å²) in [5, 5.41) is 0. The highest BCUT2D eigenvalue weighted by molar-refractivity contribution is 5.87. The Morgan fingerprint density at radius 2 is 1.96 bits per heavy atom. The summed E-state index contributed by atoms with van der Waals surface area (Å²) in [4.78, 5) is 14.1. The van der Waals surface area contributed by atoms with E-state index in [0.29, 0.717) is 31.1 Å². The molecule has 1 fully saturated rings. The molecule has 5 nitrogen and oxygen atoms in total. The molecule has 3 rings (SSSR count). The lowest BCUT2D eigenvalue weighted by atomic mass is 10.1. The summed E-state index contributed by atoms with van der Waals surface area (Å²) in [5.74, 6) is -0.552. The highest BCUT2D eigenvalue weighted by Gasteiger charge is 2.16. The summed E-state index contributed by atoms with van der Waals surface area (Å²) in [6.07, 6.45) is 0. The van der Waals surface area contributed by atoms with Crippen LogP contribution in [0.5, 0.6) is 0 Å². The van der Waals surface area contributed by atoms with Crippen LogP contribution < -0.4 is 0 Å². The second kappa shape index (κ2) is 7.39. The van der Waals surface area contributed by atoms with Gasteiger partial charge in [-0.2, -0.15) is 0 Å². The quantitative estimate of drug-likeness (QED) is 0.793. The van der Waals surface area contributed by atoms with Crippen LogP contribution in [0.25, 0.3) is 11.3 Å². The van der Waals surface area contributed by atoms with Gasteiger partial charge in [-0.15, -0.1) is 0 Å². The highest BCUT2D eigenvalue weighted by Crippen LogP contribution is 2.25. The van der Waals surface area contributed by atoms with Crippen molar-refractivity contribution in [3.8, 4) is 11.3 Å². The normalized spacial score (nSPS) is 15.5. The van der Waals surface area contributed by atoms with Crippen LogP contribution in [0, 0.1) is 5.82 Å². The molecular weight excluding hydrogens is 301 g/mol. The van der Waals surface area contributed by atoms with Gasteiger partial charge in [-0.25, -0.2) is 9.18 Å². The number of benzene rings is 1. The number of nitrogens with zero attached hydrogens (tertiary/aromatic N) is 1. The number of hydrogen-bond acceptors (Lipinski definition) is 5. The van der Waals surface area contributed by atoms with Gasteiger partial charge in [0, 0.05) is 19.6 Å². The first kappa shape index (κ1) is 15.7. The maximum atomic E-state index is 13.7. The average molecular weight is 319 g/mol. The van der Waals surface area contributed by atoms with E-state index in [2.05, 4.69) is 4.90 Å². The average Bonchev–Trinajstić information content (AvgIpc) is 3.06. The molecule has 6 heteroatoms. The molecule has 2 aromatic rings. The Kier molecular flexibility index (Phi) is 5.05. The van der Waals surface area contributed by atoms with Crippen molar-refractivity contribution in [1.82, 2.24) is 4.90 Å². The summed E-state index contributed by atoms with van der Waals surface area (Å²) < 4.78 is 29.6. The molecule has 0 spiro atoms. The van der Waals surface area contributed by atoms with Gasteiger partial charge in [0.2, 0.25) is 5.76 Å². The Morgan fingerprint density at radius 3 is 2.74 bits per heavy atom. The van der Waals surface area contributed by atoms with E-state index in [1.807, 2.05) is 0 Å². The molecule has 0 radical (unpaired) electrons. The molecule has 0 unspecified atom stereocenters. The van der Waals surface area contributed by atoms with E-state index in [1.165, 1.54) is 12.1 Å². The zero-order chi connectivity index (χ0) is 16.1. The van der Waals surface area contributed by atoms with Crippen LogP contribution in [0.4, 0.5) is 4.39 Å². The van der Waals surface area contributed by atoms with Crippen molar-refractivity contribution in [3.05, 3.63) is 48.0 Å². The highest BCUT2D eigenvalue weighted by atomic mass is 19.1. The summed E-state index contributed by atoms with van der Waals surface area (Å²) in [5.41, 5.74) is 0.319. The molecule has 0 saturated carbocycles. The molecule has 1 aromatic carbocycles. The van der Waals surface area contributed by atoms with Crippen LogP contribution in [0.1, 0.15) is 10.6 Å². The number of ether oxygens (including phenoxy) is 2. The molecule has 0 amide bonds. The Balaban J connectivity index is 1.55. The van der Waals surface area contributed by atoms with Crippen LogP contribution >= 0.6 is 0 Å². The minimum atomic E-state index is -0.541. The Hall–Kier alpha value is -2.18. The topological polar surface area (TPSA) is 51.9 Å². The first-order valence-corrected chi connectivity index (χ1v) is 7.56. The fraction of sp³-hybridized carbons (Fsp3) is 0.353. The lowest BCUT2D eigenvalue weighted by Crippen LogP contribution is -2.38. The van der Waals surface area contributed by atoms with Gasteiger partial charge in [-0.1, -0.05) is 12.1 Å². The fourth-order valence-corrected chi connectivity index (χ4v) is 2.42. The Morgan fingerprint density at radius 1 is 1.17 bits per heavy atom. The number of hydrogen-bond donors (Lipinski definition) is 0. The lowest BCUT2D eigenvalue weighted by molar-refractivity contribution is 0.0182. The van der Waals surface area contributed by atoms with E-state index < -0.39 is 11.8 Å². The van der Waals surface area contributed by atoms with Crippen LogP contribution in [-0.4, -0.2) is 50.3 Å². The molecule has 1 aliphatic rings. The first-order chi connectivity index (χ1) is 11.2. The van der Waals surface area contributed by atoms with Crippen LogP contribution in [-0.2, 0) is 9.47 Å². The van der Waals surface area contributed by atoms with Gasteiger partial charge < -0.3 is 13.9 Å². The van der Waals surface area contributed by atoms with Gasteiger partial charge in [0.15, 0.2) is 0 Å². The predicted molar refractivity (Wildman–Crippen MR) is 81.6 cm³/mol. The zero-order valence-electron chi connectivity index (χ0n) is 12.7. The molecule has 0 atom stereocenters. The maximum Gasteiger partial charge on any atom is 0.374 e. The van der Waals surface area contributed by atoms with Crippen LogP contribution in [0.15, 0.2) is 40.8 Å². The number of furan rings is 1. The van der Waals surface area contributed by atoms with Gasteiger partial charge in [-0.05, 0) is 24.3 Å². The first-order valence-electron chi connectivity index (χ1n) is 7.56. The number of halogens is 1. The second-order valence-corrected chi connectivity index (χ2v) is 5.23. The molecule has 1 aliphatic heterocycles. The standard InChI is InChI=1S/C17H18FNO4/c18-14-4-2-1-3-13(14)15-5-6-16(23-15)17(20)22-12-9-19-7-10-21-11-8-19/h1-6H,7-12H2. The predicted octanol–water partition coefficient (Wildman–Crippen LogP) is 2.57. The minimum absolute atomic E-state index is 0.0743. The van der Waals surface area contributed by atoms with E-state index in [9.17, 15) is 9.18 Å². The number of carbonyl (C=O) groups is 1. The molecule has 122 valence electrons. The van der Waals surface area contributed by atoms with Gasteiger partial charge in [-0.3, -0.25) is 4.90 Å². The Labute approximate surface area is 133 Å². The molecule has 1 aromatic heterocycles. The molecular formula is C17H18FNO4. The summed E-state index contributed by atoms with van der Waals surface area (Å²) in [6, 6.07) is 9.32. The van der Waals surface area contributed by atoms with Crippen molar-refractivity contribution in [2.75, 3.05) is 39.5 Å². The van der Waals surface area contributed by atoms with E-state index in [4.69, 9.17) is 13.9 Å². The minimum Gasteiger partial charge on any atom is -0.458 e. The van der Waals surface area contributed by atoms with Gasteiger partial charge in [0.05, 0.1) is 18.8 Å². The van der Waals surface area contributed by atoms with Crippen molar-refractivity contribution in [2.24, 2.45) is 0 Å². The van der Waals surface area contributed by atoms with E-state index >= 15 is 0 Å². The molecule has 0 bridgehead atoms. The molecule has 1 saturated heterocycles. The summed E-state index contributed by atoms with van der Waals surface area (Å²) in [6.45, 7) is 4.05. The number of esters is 1. The van der Waals surface area contributed by atoms with Gasteiger partial charge in [0.1, 0.15) is 18.2 Å². The largest absolute Gasteiger partial charge is 0.458 e. The van der Waals surface area contributed by atoms with Gasteiger partial charge >= 0.3 is 5.97 Å². The number of carbonyl (C=O) groups excluding carboxylic acids is 1. The Bertz CT molecular complexity index is 664. The van der Waals surface area contributed by atoms with E-state index in [0.717, 1.165) is 13.1 Å². The molecule has 0 N–H and O–H groups in total. The molecule has 0 aliphatic carbocycles. The van der Waals surface area contributed by atoms with Crippen LogP contribution in [0.3, 0.4) is 0 Å². The van der Waals surface area contributed by atoms with Crippen molar-refractivity contribution in [2.45, 2.75) is 0 Å². The van der Waals surface area contributed by atoms with E-state index in [1.54, 1.807) is 24.3 Å². The SMILES string of the molecule is O=C(OCCN1CCOCC1)c1ccc(-c2ccccc2F)o1. The number of rotatable bonds is 5. The van der Waals surface area contributed by atoms with E-state index in [-0.39, 0.29) is 12.4 Å². The van der Waals surface area contributed by atoms with Crippen molar-refractivity contribution < 1.29 is 23.1 Å². The second-order valence-electron chi connectivity index (χ2n) is 5.23. The number of morpholine rings is 1. The smallest absolute Gasteiger partial charge is 0.374 e. The third-order valence-electron chi connectivity index (χ3n) is 3.69. The van der Waals surface area contributed by atoms with Crippen molar-refractivity contribution >= 4 is 5.97 Å². The van der Waals surface area contributed by atoms with Crippen molar-refractivity contribution in [1.29, 1.82) is 0 Å². The molecule has 23 heavy (non-hydrogen) atoms. The third kappa shape index (κ3) is 3.97. The third-order valence-corrected chi connectivity index (χ3v) is 3.69. The van der Waals surface area contributed by atoms with Crippen molar-refractivity contribution in [3.63, 3.8) is 0 Å². The zero-order valence-corrected chi connectivity index (χ0v) is 12.7. The summed E-state index contributed by atoms with van der Waals surface area (Å²) in [7, 11) is 0. The summed E-state index contributed by atoms with van der Waals surface area (Å²) >= 11 is 0. The molecule has 2 heterocycles. The lowest BCUT2D eigenvalue weighted by Gasteiger charge is -2.25.